The molecule has 0 atom stereocenters. The van der Waals surface area contributed by atoms with Gasteiger partial charge in [0.25, 0.3) is 10.1 Å². The third-order valence-corrected chi connectivity index (χ3v) is 6.37. The molecule has 0 aliphatic rings. The number of anilines is 2. The van der Waals surface area contributed by atoms with E-state index in [0.29, 0.717) is 6.07 Å². The number of hydrogen-bond donors (Lipinski definition) is 3. The zero-order valence-corrected chi connectivity index (χ0v) is 17.7. The highest BCUT2D eigenvalue weighted by molar-refractivity contribution is 7.91. The molecule has 0 bridgehead atoms. The molecule has 0 fully saturated rings. The van der Waals surface area contributed by atoms with E-state index in [4.69, 9.17) is 27.8 Å². The Labute approximate surface area is 174 Å². The maximum absolute atomic E-state index is 12.2. The molecule has 2 rings (SSSR count). The van der Waals surface area contributed by atoms with E-state index in [0.717, 1.165) is 12.1 Å². The van der Waals surface area contributed by atoms with Gasteiger partial charge in [-0.2, -0.15) is 31.8 Å². The van der Waals surface area contributed by atoms with Crippen molar-refractivity contribution in [3.05, 3.63) is 28.8 Å². The molecule has 18 heteroatoms. The van der Waals surface area contributed by atoms with Crippen LogP contribution in [0.2, 0.25) is 10.6 Å². The highest BCUT2D eigenvalue weighted by atomic mass is 35.5. The van der Waals surface area contributed by atoms with Crippen LogP contribution in [0.4, 0.5) is 11.6 Å². The number of nitrogens with one attached hydrogen (secondary N) is 1. The lowest BCUT2D eigenvalue weighted by Crippen LogP contribution is -2.16. The van der Waals surface area contributed by atoms with Crippen LogP contribution in [0.3, 0.4) is 0 Å². The van der Waals surface area contributed by atoms with Crippen molar-refractivity contribution in [2.24, 2.45) is 0 Å². The minimum absolute atomic E-state index is 0.294. The Morgan fingerprint density at radius 1 is 0.966 bits per heavy atom. The van der Waals surface area contributed by atoms with E-state index in [1.54, 1.807) is 0 Å². The predicted octanol–water partition coefficient (Wildman–Crippen LogP) is 0.762. The molecule has 0 amide bonds. The van der Waals surface area contributed by atoms with Crippen LogP contribution in [0.25, 0.3) is 0 Å². The molecule has 1 aromatic heterocycles. The molecule has 29 heavy (non-hydrogen) atoms. The van der Waals surface area contributed by atoms with Gasteiger partial charge in [-0.15, -0.1) is 0 Å². The number of hydrogen-bond acceptors (Lipinski definition) is 11. The van der Waals surface area contributed by atoms with Crippen molar-refractivity contribution in [2.75, 3.05) is 17.7 Å². The van der Waals surface area contributed by atoms with E-state index in [1.807, 2.05) is 0 Å². The number of sulfone groups is 1. The molecule has 13 nitrogen and oxygen atoms in total. The summed E-state index contributed by atoms with van der Waals surface area (Å²) in [6.07, 6.45) is 0. The molecule has 0 saturated heterocycles. The standard InChI is InChI=1S/C11H10Cl2N4O9S3/c12-9-15-10(13)17-11(16-9)14-7-2-1-6(5-8(7)28(20,21)22)27(18,19)4-3-26-29(23,24)25/h1-2,5H,3-4H2,(H,20,21,22)(H,23,24,25)(H,14,15,16,17). The van der Waals surface area contributed by atoms with Crippen LogP contribution in [0.5, 0.6) is 0 Å². The van der Waals surface area contributed by atoms with E-state index in [1.165, 1.54) is 0 Å². The summed E-state index contributed by atoms with van der Waals surface area (Å²) in [5.74, 6) is -1.21. The van der Waals surface area contributed by atoms with Crippen LogP contribution in [0.15, 0.2) is 28.0 Å². The maximum Gasteiger partial charge on any atom is 0.397 e. The van der Waals surface area contributed by atoms with Crippen LogP contribution in [0.1, 0.15) is 0 Å². The molecule has 0 aliphatic heterocycles. The highest BCUT2D eigenvalue weighted by Crippen LogP contribution is 2.28. The fourth-order valence-electron chi connectivity index (χ4n) is 1.88. The van der Waals surface area contributed by atoms with Crippen molar-refractivity contribution < 1.29 is 38.5 Å². The summed E-state index contributed by atoms with van der Waals surface area (Å²) in [5.41, 5.74) is -0.320. The second-order valence-corrected chi connectivity index (χ2v) is 10.3. The van der Waals surface area contributed by atoms with Crippen molar-refractivity contribution in [2.45, 2.75) is 9.79 Å². The van der Waals surface area contributed by atoms with Crippen LogP contribution in [-0.2, 0) is 34.5 Å². The first-order valence-electron chi connectivity index (χ1n) is 6.98. The van der Waals surface area contributed by atoms with E-state index in [2.05, 4.69) is 24.5 Å². The minimum Gasteiger partial charge on any atom is -0.323 e. The third kappa shape index (κ3) is 6.96. The highest BCUT2D eigenvalue weighted by Gasteiger charge is 2.23. The van der Waals surface area contributed by atoms with Gasteiger partial charge in [0, 0.05) is 0 Å². The zero-order valence-electron chi connectivity index (χ0n) is 13.7. The van der Waals surface area contributed by atoms with E-state index in [-0.39, 0.29) is 22.2 Å². The maximum atomic E-state index is 12.2. The van der Waals surface area contributed by atoms with E-state index >= 15 is 0 Å². The first-order valence-corrected chi connectivity index (χ1v) is 12.2. The predicted molar refractivity (Wildman–Crippen MR) is 98.9 cm³/mol. The lowest BCUT2D eigenvalue weighted by atomic mass is 10.3. The Kier molecular flexibility index (Phi) is 7.01. The van der Waals surface area contributed by atoms with Gasteiger partial charge in [0.15, 0.2) is 9.84 Å². The molecule has 0 unspecified atom stereocenters. The lowest BCUT2D eigenvalue weighted by Gasteiger charge is -2.11. The Hall–Kier alpha value is -1.66. The summed E-state index contributed by atoms with van der Waals surface area (Å²) in [4.78, 5) is 9.33. The fraction of sp³-hybridized carbons (Fsp3) is 0.182. The van der Waals surface area contributed by atoms with Gasteiger partial charge in [-0.3, -0.25) is 9.11 Å². The summed E-state index contributed by atoms with van der Waals surface area (Å²) in [7, 11) is -14.0. The van der Waals surface area contributed by atoms with Crippen LogP contribution in [0, 0.1) is 0 Å². The molecule has 3 N–H and O–H groups in total. The van der Waals surface area contributed by atoms with Gasteiger partial charge in [-0.05, 0) is 41.4 Å². The summed E-state index contributed by atoms with van der Waals surface area (Å²) in [6.45, 7) is -0.926. The average Bonchev–Trinajstić information content (AvgIpc) is 2.51. The smallest absolute Gasteiger partial charge is 0.323 e. The molecule has 0 saturated carbocycles. The summed E-state index contributed by atoms with van der Waals surface area (Å²) in [6, 6.07) is 2.56. The zero-order chi connectivity index (χ0) is 22.0. The van der Waals surface area contributed by atoms with Gasteiger partial charge < -0.3 is 5.32 Å². The number of rotatable bonds is 8. The molecule has 160 valence electrons. The molecule has 0 radical (unpaired) electrons. The van der Waals surface area contributed by atoms with Gasteiger partial charge in [0.2, 0.25) is 16.5 Å². The van der Waals surface area contributed by atoms with Crippen LogP contribution in [-0.4, -0.2) is 61.7 Å². The Balaban J connectivity index is 2.41. The normalized spacial score (nSPS) is 12.7. The Bertz CT molecular complexity index is 1230. The molecule has 1 heterocycles. The largest absolute Gasteiger partial charge is 0.397 e. The number of aromatic nitrogens is 3. The number of nitrogens with zero attached hydrogens (tertiary/aromatic N) is 3. The SMILES string of the molecule is O=S(=O)(O)OCCS(=O)(=O)c1ccc(Nc2nc(Cl)nc(Cl)n2)c(S(=O)(=O)O)c1. The van der Waals surface area contributed by atoms with Crippen LogP contribution >= 0.6 is 23.2 Å². The van der Waals surface area contributed by atoms with Gasteiger partial charge >= 0.3 is 10.4 Å². The molecule has 0 aliphatic carbocycles. The quantitative estimate of drug-likeness (QED) is 0.421. The molecular formula is C11H10Cl2N4O9S3. The second kappa shape index (κ2) is 8.60. The van der Waals surface area contributed by atoms with Crippen LogP contribution < -0.4 is 5.32 Å². The van der Waals surface area contributed by atoms with E-state index < -0.39 is 52.5 Å². The minimum atomic E-state index is -4.93. The lowest BCUT2D eigenvalue weighted by molar-refractivity contribution is 0.284. The second-order valence-electron chi connectivity index (χ2n) is 5.02. The average molecular weight is 509 g/mol. The number of halogens is 2. The van der Waals surface area contributed by atoms with Crippen molar-refractivity contribution in [3.8, 4) is 0 Å². The first-order chi connectivity index (χ1) is 13.2. The Morgan fingerprint density at radius 3 is 2.07 bits per heavy atom. The van der Waals surface area contributed by atoms with Gasteiger partial charge in [0.1, 0.15) is 4.90 Å². The third-order valence-electron chi connectivity index (χ3n) is 3.00. The molecule has 0 spiro atoms. The van der Waals surface area contributed by atoms with Gasteiger partial charge in [-0.25, -0.2) is 12.6 Å². The fourth-order valence-corrected chi connectivity index (χ4v) is 4.50. The molecule has 2 aromatic rings. The van der Waals surface area contributed by atoms with Gasteiger partial charge in [0.05, 0.1) is 22.9 Å². The van der Waals surface area contributed by atoms with Crippen molar-refractivity contribution in [1.82, 2.24) is 15.0 Å². The molecule has 1 aromatic carbocycles. The first kappa shape index (κ1) is 23.6. The van der Waals surface area contributed by atoms with Gasteiger partial charge in [-0.1, -0.05) is 0 Å². The molecular weight excluding hydrogens is 499 g/mol. The summed E-state index contributed by atoms with van der Waals surface area (Å²) < 4.78 is 90.6. The van der Waals surface area contributed by atoms with Crippen molar-refractivity contribution in [3.63, 3.8) is 0 Å². The topological polar surface area (TPSA) is 203 Å². The van der Waals surface area contributed by atoms with Crippen molar-refractivity contribution in [1.29, 1.82) is 0 Å². The number of benzene rings is 1. The summed E-state index contributed by atoms with van der Waals surface area (Å²) in [5, 5.41) is 1.76. The monoisotopic (exact) mass is 508 g/mol. The summed E-state index contributed by atoms with van der Waals surface area (Å²) >= 11 is 11.2. The van der Waals surface area contributed by atoms with E-state index in [9.17, 15) is 29.8 Å². The van der Waals surface area contributed by atoms with Crippen molar-refractivity contribution >= 4 is 65.2 Å². The Morgan fingerprint density at radius 2 is 1.55 bits per heavy atom.